The molecule has 3 rings (SSSR count). The Morgan fingerprint density at radius 1 is 1.10 bits per heavy atom. The zero-order valence-electron chi connectivity index (χ0n) is 12.0. The molecule has 4 nitrogen and oxygen atoms in total. The number of fused-ring (bicyclic) bond motifs is 1. The van der Waals surface area contributed by atoms with Crippen molar-refractivity contribution < 1.29 is 4.74 Å². The number of aromatic nitrogens is 2. The molecule has 0 aliphatic rings. The van der Waals surface area contributed by atoms with Gasteiger partial charge in [0.1, 0.15) is 12.4 Å². The zero-order valence-corrected chi connectivity index (χ0v) is 12.0. The summed E-state index contributed by atoms with van der Waals surface area (Å²) in [5.41, 5.74) is 2.49. The lowest BCUT2D eigenvalue weighted by molar-refractivity contribution is 0.175. The minimum absolute atomic E-state index is 0.0676. The number of rotatable bonds is 3. The molecule has 0 aliphatic carbocycles. The molecule has 0 saturated carbocycles. The number of nitrogens with zero attached hydrogens (tertiary/aromatic N) is 2. The molecule has 0 atom stereocenters. The fourth-order valence-corrected chi connectivity index (χ4v) is 2.47. The first-order valence-electron chi connectivity index (χ1n) is 6.78. The average Bonchev–Trinajstić information content (AvgIpc) is 2.49. The minimum Gasteiger partial charge on any atom is -0.377 e. The second-order valence-electron chi connectivity index (χ2n) is 4.91. The van der Waals surface area contributed by atoms with E-state index in [1.54, 1.807) is 17.7 Å². The molecule has 21 heavy (non-hydrogen) atoms. The summed E-state index contributed by atoms with van der Waals surface area (Å²) in [5.74, 6) is 0.607. The molecular formula is C17H16N2O2. The van der Waals surface area contributed by atoms with Crippen LogP contribution in [0.2, 0.25) is 0 Å². The summed E-state index contributed by atoms with van der Waals surface area (Å²) in [4.78, 5) is 17.4. The van der Waals surface area contributed by atoms with Gasteiger partial charge in [0.05, 0.1) is 16.6 Å². The fraction of sp³-hybridized carbons (Fsp3) is 0.176. The molecule has 0 N–H and O–H groups in total. The molecule has 0 unspecified atom stereocenters. The first-order valence-corrected chi connectivity index (χ1v) is 6.78. The second kappa shape index (κ2) is 5.50. The Morgan fingerprint density at radius 3 is 2.57 bits per heavy atom. The third-order valence-corrected chi connectivity index (χ3v) is 3.47. The van der Waals surface area contributed by atoms with Crippen molar-refractivity contribution in [2.24, 2.45) is 0 Å². The molecule has 0 fully saturated rings. The Morgan fingerprint density at radius 2 is 1.81 bits per heavy atom. The summed E-state index contributed by atoms with van der Waals surface area (Å²) >= 11 is 0. The highest BCUT2D eigenvalue weighted by atomic mass is 16.5. The van der Waals surface area contributed by atoms with Crippen LogP contribution in [0.1, 0.15) is 11.4 Å². The van der Waals surface area contributed by atoms with Crippen LogP contribution in [0.3, 0.4) is 0 Å². The van der Waals surface area contributed by atoms with E-state index in [0.717, 1.165) is 11.3 Å². The maximum Gasteiger partial charge on any atom is 0.266 e. The van der Waals surface area contributed by atoms with Crippen LogP contribution in [0, 0.1) is 6.92 Å². The quantitative estimate of drug-likeness (QED) is 0.741. The van der Waals surface area contributed by atoms with Gasteiger partial charge in [-0.05, 0) is 30.7 Å². The number of hydrogen-bond donors (Lipinski definition) is 0. The van der Waals surface area contributed by atoms with E-state index in [2.05, 4.69) is 4.98 Å². The average molecular weight is 280 g/mol. The van der Waals surface area contributed by atoms with Gasteiger partial charge in [0.2, 0.25) is 0 Å². The van der Waals surface area contributed by atoms with Gasteiger partial charge in [0.25, 0.3) is 5.56 Å². The van der Waals surface area contributed by atoms with Crippen molar-refractivity contribution in [1.29, 1.82) is 0 Å². The molecule has 0 radical (unpaired) electrons. The number of methoxy groups -OCH3 is 1. The van der Waals surface area contributed by atoms with Crippen molar-refractivity contribution in [3.8, 4) is 5.69 Å². The van der Waals surface area contributed by atoms with E-state index in [1.165, 1.54) is 0 Å². The van der Waals surface area contributed by atoms with Gasteiger partial charge in [0.15, 0.2) is 0 Å². The van der Waals surface area contributed by atoms with Gasteiger partial charge >= 0.3 is 0 Å². The summed E-state index contributed by atoms with van der Waals surface area (Å²) in [6, 6.07) is 15.1. The van der Waals surface area contributed by atoms with E-state index < -0.39 is 0 Å². The van der Waals surface area contributed by atoms with Crippen molar-refractivity contribution in [2.45, 2.75) is 13.5 Å². The van der Waals surface area contributed by atoms with Crippen molar-refractivity contribution in [3.05, 3.63) is 70.3 Å². The lowest BCUT2D eigenvalue weighted by Crippen LogP contribution is -2.24. The third kappa shape index (κ3) is 2.34. The van der Waals surface area contributed by atoms with Gasteiger partial charge < -0.3 is 4.74 Å². The van der Waals surface area contributed by atoms with E-state index in [0.29, 0.717) is 16.7 Å². The summed E-state index contributed by atoms with van der Waals surface area (Å²) in [6.45, 7) is 2.27. The van der Waals surface area contributed by atoms with E-state index in [-0.39, 0.29) is 12.2 Å². The maximum atomic E-state index is 12.8. The highest BCUT2D eigenvalue weighted by Crippen LogP contribution is 2.16. The first kappa shape index (κ1) is 13.5. The Labute approximate surface area is 122 Å². The highest BCUT2D eigenvalue weighted by Gasteiger charge is 2.13. The van der Waals surface area contributed by atoms with E-state index in [1.807, 2.05) is 49.4 Å². The number of hydrogen-bond acceptors (Lipinski definition) is 3. The van der Waals surface area contributed by atoms with Crippen LogP contribution in [0.25, 0.3) is 16.6 Å². The van der Waals surface area contributed by atoms with Crippen LogP contribution in [-0.2, 0) is 11.3 Å². The number of benzene rings is 2. The van der Waals surface area contributed by atoms with Crippen LogP contribution >= 0.6 is 0 Å². The molecule has 0 spiro atoms. The van der Waals surface area contributed by atoms with Crippen molar-refractivity contribution in [3.63, 3.8) is 0 Å². The predicted molar refractivity (Wildman–Crippen MR) is 82.8 cm³/mol. The van der Waals surface area contributed by atoms with Crippen LogP contribution in [0.15, 0.2) is 53.3 Å². The largest absolute Gasteiger partial charge is 0.377 e. The van der Waals surface area contributed by atoms with Gasteiger partial charge in [0, 0.05) is 7.11 Å². The van der Waals surface area contributed by atoms with Crippen LogP contribution in [0.5, 0.6) is 0 Å². The molecule has 1 aromatic heterocycles. The van der Waals surface area contributed by atoms with Gasteiger partial charge in [-0.25, -0.2) is 4.98 Å². The molecule has 106 valence electrons. The van der Waals surface area contributed by atoms with Gasteiger partial charge in [-0.1, -0.05) is 30.3 Å². The van der Waals surface area contributed by atoms with Crippen molar-refractivity contribution >= 4 is 10.9 Å². The fourth-order valence-electron chi connectivity index (χ4n) is 2.47. The number of ether oxygens (including phenoxy) is 1. The Kier molecular flexibility index (Phi) is 3.54. The lowest BCUT2D eigenvalue weighted by atomic mass is 10.2. The molecule has 0 aliphatic heterocycles. The van der Waals surface area contributed by atoms with Gasteiger partial charge in [-0.2, -0.15) is 0 Å². The monoisotopic (exact) mass is 280 g/mol. The Bertz CT molecular complexity index is 853. The molecule has 0 bridgehead atoms. The molecule has 0 amide bonds. The molecular weight excluding hydrogens is 264 g/mol. The predicted octanol–water partition coefficient (Wildman–Crippen LogP) is 2.84. The molecule has 3 aromatic rings. The molecule has 1 heterocycles. The lowest BCUT2D eigenvalue weighted by Gasteiger charge is -2.14. The standard InChI is InChI=1S/C17H16N2O2/c1-12-7-3-6-10-15(12)19-16(11-21-2)18-14-9-5-4-8-13(14)17(19)20/h3-10H,11H2,1-2H3. The SMILES string of the molecule is COCc1nc2ccccc2c(=O)n1-c1ccccc1C. The smallest absolute Gasteiger partial charge is 0.266 e. The molecule has 0 saturated heterocycles. The number of para-hydroxylation sites is 2. The number of aryl methyl sites for hydroxylation is 1. The van der Waals surface area contributed by atoms with Crippen LogP contribution < -0.4 is 5.56 Å². The van der Waals surface area contributed by atoms with Gasteiger partial charge in [-0.15, -0.1) is 0 Å². The van der Waals surface area contributed by atoms with Crippen molar-refractivity contribution in [2.75, 3.05) is 7.11 Å². The van der Waals surface area contributed by atoms with E-state index in [9.17, 15) is 4.79 Å². The summed E-state index contributed by atoms with van der Waals surface area (Å²) in [5, 5.41) is 0.612. The van der Waals surface area contributed by atoms with Gasteiger partial charge in [-0.3, -0.25) is 9.36 Å². The third-order valence-electron chi connectivity index (χ3n) is 3.47. The zero-order chi connectivity index (χ0) is 14.8. The molecule has 2 aromatic carbocycles. The topological polar surface area (TPSA) is 44.1 Å². The maximum absolute atomic E-state index is 12.8. The second-order valence-corrected chi connectivity index (χ2v) is 4.91. The Hall–Kier alpha value is -2.46. The first-order chi connectivity index (χ1) is 10.2. The summed E-state index contributed by atoms with van der Waals surface area (Å²) in [6.07, 6.45) is 0. The minimum atomic E-state index is -0.0676. The summed E-state index contributed by atoms with van der Waals surface area (Å²) < 4.78 is 6.85. The highest BCUT2D eigenvalue weighted by molar-refractivity contribution is 5.77. The van der Waals surface area contributed by atoms with E-state index >= 15 is 0 Å². The molecule has 4 heteroatoms. The normalized spacial score (nSPS) is 11.0. The van der Waals surface area contributed by atoms with E-state index in [4.69, 9.17) is 4.74 Å². The summed E-state index contributed by atoms with van der Waals surface area (Å²) in [7, 11) is 1.60. The van der Waals surface area contributed by atoms with Crippen LogP contribution in [0.4, 0.5) is 0 Å². The van der Waals surface area contributed by atoms with Crippen molar-refractivity contribution in [1.82, 2.24) is 9.55 Å². The van der Waals surface area contributed by atoms with Crippen LogP contribution in [-0.4, -0.2) is 16.7 Å². The Balaban J connectivity index is 2.40.